The molecule has 0 spiro atoms. The Hall–Kier alpha value is -1.83. The van der Waals surface area contributed by atoms with E-state index in [-0.39, 0.29) is 16.8 Å². The van der Waals surface area contributed by atoms with Gasteiger partial charge in [-0.15, -0.1) is 0 Å². The van der Waals surface area contributed by atoms with Crippen molar-refractivity contribution >= 4 is 16.6 Å². The van der Waals surface area contributed by atoms with Gasteiger partial charge in [-0.05, 0) is 55.7 Å². The van der Waals surface area contributed by atoms with Crippen LogP contribution in [0, 0.1) is 5.41 Å². The summed E-state index contributed by atoms with van der Waals surface area (Å²) < 4.78 is 6.04. The molecule has 0 radical (unpaired) electrons. The molecule has 2 aromatic carbocycles. The van der Waals surface area contributed by atoms with E-state index in [1.54, 1.807) is 0 Å². The van der Waals surface area contributed by atoms with Crippen LogP contribution in [-0.4, -0.2) is 11.4 Å². The van der Waals surface area contributed by atoms with E-state index in [4.69, 9.17) is 4.74 Å². The Morgan fingerprint density at radius 2 is 1.52 bits per heavy atom. The lowest BCUT2D eigenvalue weighted by molar-refractivity contribution is 0.0833. The largest absolute Gasteiger partial charge is 0.488 e. The third-order valence-corrected chi connectivity index (χ3v) is 4.82. The summed E-state index contributed by atoms with van der Waals surface area (Å²) in [6.07, 6.45) is 1.79. The molecule has 0 aromatic heterocycles. The maximum Gasteiger partial charge on any atom is 0.168 e. The molecule has 0 fully saturated rings. The summed E-state index contributed by atoms with van der Waals surface area (Å²) in [4.78, 5) is 12.6. The first kappa shape index (κ1) is 17.5. The van der Waals surface area contributed by atoms with Crippen molar-refractivity contribution < 1.29 is 9.53 Å². The molecule has 0 N–H and O–H groups in total. The van der Waals surface area contributed by atoms with Crippen LogP contribution in [0.25, 0.3) is 10.8 Å². The molecule has 2 aromatic rings. The molecule has 0 amide bonds. The van der Waals surface area contributed by atoms with E-state index in [2.05, 4.69) is 27.7 Å². The van der Waals surface area contributed by atoms with Crippen LogP contribution in [0.5, 0.6) is 5.75 Å². The molecule has 0 aliphatic heterocycles. The van der Waals surface area contributed by atoms with E-state index in [0.29, 0.717) is 0 Å². The van der Waals surface area contributed by atoms with Crippen LogP contribution in [0.3, 0.4) is 0 Å². The minimum absolute atomic E-state index is 0.172. The maximum absolute atomic E-state index is 12.6. The lowest BCUT2D eigenvalue weighted by Gasteiger charge is -2.25. The van der Waals surface area contributed by atoms with Gasteiger partial charge in [0, 0.05) is 11.0 Å². The minimum Gasteiger partial charge on any atom is -0.488 e. The quantitative estimate of drug-likeness (QED) is 0.609. The molecule has 0 bridgehead atoms. The first-order valence-electron chi connectivity index (χ1n) is 8.46. The van der Waals surface area contributed by atoms with Gasteiger partial charge in [-0.1, -0.05) is 45.9 Å². The molecule has 0 aliphatic rings. The van der Waals surface area contributed by atoms with Crippen LogP contribution in [0.15, 0.2) is 36.4 Å². The molecule has 2 heteroatoms. The van der Waals surface area contributed by atoms with E-state index in [9.17, 15) is 4.79 Å². The minimum atomic E-state index is -0.318. The second-order valence-corrected chi connectivity index (χ2v) is 7.51. The Morgan fingerprint density at radius 1 is 0.913 bits per heavy atom. The number of hydrogen-bond acceptors (Lipinski definition) is 2. The highest BCUT2D eigenvalue weighted by molar-refractivity contribution is 6.03. The summed E-state index contributed by atoms with van der Waals surface area (Å²) >= 11 is 0. The lowest BCUT2D eigenvalue weighted by atomic mass is 9.81. The molecule has 2 nitrogen and oxygen atoms in total. The summed E-state index contributed by atoms with van der Waals surface area (Å²) in [6.45, 7) is 12.4. The Balaban J connectivity index is 2.34. The molecule has 0 unspecified atom stereocenters. The number of rotatable bonds is 6. The van der Waals surface area contributed by atoms with Crippen molar-refractivity contribution in [3.63, 3.8) is 0 Å². The van der Waals surface area contributed by atoms with Crippen molar-refractivity contribution in [2.75, 3.05) is 0 Å². The fourth-order valence-corrected chi connectivity index (χ4v) is 2.37. The van der Waals surface area contributed by atoms with Crippen molar-refractivity contribution in [3.05, 3.63) is 42.0 Å². The van der Waals surface area contributed by atoms with Crippen molar-refractivity contribution in [2.24, 2.45) is 5.41 Å². The smallest absolute Gasteiger partial charge is 0.168 e. The van der Waals surface area contributed by atoms with Crippen LogP contribution < -0.4 is 4.74 Å². The van der Waals surface area contributed by atoms with Crippen molar-refractivity contribution in [1.82, 2.24) is 0 Å². The van der Waals surface area contributed by atoms with E-state index < -0.39 is 0 Å². The van der Waals surface area contributed by atoms with Crippen LogP contribution in [0.1, 0.15) is 64.7 Å². The van der Waals surface area contributed by atoms with Gasteiger partial charge < -0.3 is 4.74 Å². The fourth-order valence-electron chi connectivity index (χ4n) is 2.37. The highest BCUT2D eigenvalue weighted by Gasteiger charge is 2.26. The standard InChI is InChI=1S/C21H28O2/c1-7-20(3,4)19(22)17-10-9-16-14-18(12-11-15(16)13-17)23-21(5,6)8-2/h9-14H,7-8H2,1-6H3. The third-order valence-electron chi connectivity index (χ3n) is 4.82. The molecule has 0 atom stereocenters. The Morgan fingerprint density at radius 3 is 2.13 bits per heavy atom. The van der Waals surface area contributed by atoms with Gasteiger partial charge in [-0.25, -0.2) is 0 Å². The zero-order valence-corrected chi connectivity index (χ0v) is 15.2. The average Bonchev–Trinajstić information content (AvgIpc) is 2.53. The maximum atomic E-state index is 12.6. The number of hydrogen-bond donors (Lipinski definition) is 0. The van der Waals surface area contributed by atoms with Gasteiger partial charge in [0.25, 0.3) is 0 Å². The molecule has 23 heavy (non-hydrogen) atoms. The zero-order valence-electron chi connectivity index (χ0n) is 15.2. The first-order valence-corrected chi connectivity index (χ1v) is 8.46. The predicted octanol–water partition coefficient (Wildman–Crippen LogP) is 6.03. The van der Waals surface area contributed by atoms with Gasteiger partial charge in [0.2, 0.25) is 0 Å². The highest BCUT2D eigenvalue weighted by Crippen LogP contribution is 2.29. The Bertz CT molecular complexity index is 711. The van der Waals surface area contributed by atoms with E-state index in [1.165, 1.54) is 0 Å². The van der Waals surface area contributed by atoms with Crippen molar-refractivity contribution in [1.29, 1.82) is 0 Å². The average molecular weight is 312 g/mol. The number of carbonyl (C=O) groups is 1. The first-order chi connectivity index (χ1) is 10.7. The number of fused-ring (bicyclic) bond motifs is 1. The van der Waals surface area contributed by atoms with Gasteiger partial charge in [0.15, 0.2) is 5.78 Å². The number of ether oxygens (including phenoxy) is 1. The lowest BCUT2D eigenvalue weighted by Crippen LogP contribution is -2.26. The summed E-state index contributed by atoms with van der Waals surface area (Å²) in [6, 6.07) is 12.0. The molecule has 124 valence electrons. The van der Waals surface area contributed by atoms with Crippen LogP contribution in [-0.2, 0) is 0 Å². The van der Waals surface area contributed by atoms with Crippen molar-refractivity contribution in [2.45, 2.75) is 60.0 Å². The monoisotopic (exact) mass is 312 g/mol. The molecule has 0 saturated carbocycles. The van der Waals surface area contributed by atoms with E-state index in [0.717, 1.165) is 34.9 Å². The predicted molar refractivity (Wildman–Crippen MR) is 97.3 cm³/mol. The molecule has 2 rings (SSSR count). The summed E-state index contributed by atoms with van der Waals surface area (Å²) in [5, 5.41) is 2.17. The van der Waals surface area contributed by atoms with Crippen LogP contribution in [0.2, 0.25) is 0 Å². The second-order valence-electron chi connectivity index (χ2n) is 7.51. The van der Waals surface area contributed by atoms with E-state index in [1.807, 2.05) is 50.2 Å². The van der Waals surface area contributed by atoms with Gasteiger partial charge in [0.05, 0.1) is 0 Å². The molecular formula is C21H28O2. The molecule has 0 heterocycles. The molecule has 0 aliphatic carbocycles. The van der Waals surface area contributed by atoms with Crippen LogP contribution >= 0.6 is 0 Å². The van der Waals surface area contributed by atoms with Crippen LogP contribution in [0.4, 0.5) is 0 Å². The number of benzene rings is 2. The number of carbonyl (C=O) groups excluding carboxylic acids is 1. The van der Waals surface area contributed by atoms with Crippen molar-refractivity contribution in [3.8, 4) is 5.75 Å². The highest BCUT2D eigenvalue weighted by atomic mass is 16.5. The normalized spacial score (nSPS) is 12.4. The summed E-state index contributed by atoms with van der Waals surface area (Å²) in [7, 11) is 0. The Kier molecular flexibility index (Phi) is 4.84. The summed E-state index contributed by atoms with van der Waals surface area (Å²) in [5.41, 5.74) is 0.295. The number of Topliss-reactive ketones (excluding diaryl/α,β-unsaturated/α-hetero) is 1. The summed E-state index contributed by atoms with van der Waals surface area (Å²) in [5.74, 6) is 1.08. The fraction of sp³-hybridized carbons (Fsp3) is 0.476. The zero-order chi connectivity index (χ0) is 17.3. The topological polar surface area (TPSA) is 26.3 Å². The third kappa shape index (κ3) is 3.93. The van der Waals surface area contributed by atoms with Gasteiger partial charge in [-0.3, -0.25) is 4.79 Å². The van der Waals surface area contributed by atoms with E-state index >= 15 is 0 Å². The number of ketones is 1. The molecule has 0 saturated heterocycles. The van der Waals surface area contributed by atoms with Gasteiger partial charge in [0.1, 0.15) is 11.4 Å². The molecular weight excluding hydrogens is 284 g/mol. The van der Waals surface area contributed by atoms with Gasteiger partial charge in [-0.2, -0.15) is 0 Å². The Labute approximate surface area is 139 Å². The SMILES string of the molecule is CCC(C)(C)Oc1ccc2cc(C(=O)C(C)(C)CC)ccc2c1. The second kappa shape index (κ2) is 6.35. The van der Waals surface area contributed by atoms with Gasteiger partial charge >= 0.3 is 0 Å².